The fourth-order valence-corrected chi connectivity index (χ4v) is 7.79. The molecule has 5 rings (SSSR count). The van der Waals surface area contributed by atoms with Gasteiger partial charge in [-0.2, -0.15) is 0 Å². The van der Waals surface area contributed by atoms with Crippen LogP contribution in [0.4, 0.5) is 0 Å². The number of hydroxylamine groups is 2. The van der Waals surface area contributed by atoms with E-state index in [1.807, 2.05) is 6.92 Å². The monoisotopic (exact) mass is 795 g/mol. The highest BCUT2D eigenvalue weighted by molar-refractivity contribution is 6.01. The molecule has 55 heavy (non-hydrogen) atoms. The van der Waals surface area contributed by atoms with Crippen molar-refractivity contribution in [1.29, 1.82) is 0 Å². The third-order valence-corrected chi connectivity index (χ3v) is 11.4. The average molecular weight is 796 g/mol. The molecule has 20 heteroatoms. The summed E-state index contributed by atoms with van der Waals surface area (Å²) in [6, 6.07) is 0. The molecule has 2 amide bonds. The van der Waals surface area contributed by atoms with E-state index in [9.17, 15) is 55.2 Å². The zero-order chi connectivity index (χ0) is 40.4. The Morgan fingerprint density at radius 3 is 2.04 bits per heavy atom. The average Bonchev–Trinajstić information content (AvgIpc) is 3.47. The Kier molecular flexibility index (Phi) is 15.0. The highest BCUT2D eigenvalue weighted by Crippen LogP contribution is 2.46. The molecule has 0 aliphatic carbocycles. The van der Waals surface area contributed by atoms with Crippen molar-refractivity contribution in [3.63, 3.8) is 0 Å². The molecule has 0 radical (unpaired) electrons. The lowest BCUT2D eigenvalue weighted by Crippen LogP contribution is -2.75. The van der Waals surface area contributed by atoms with E-state index in [0.29, 0.717) is 11.5 Å². The van der Waals surface area contributed by atoms with Crippen LogP contribution in [0.1, 0.15) is 66.2 Å². The summed E-state index contributed by atoms with van der Waals surface area (Å²) >= 11 is 0. The van der Waals surface area contributed by atoms with E-state index in [1.54, 1.807) is 20.8 Å². The molecule has 5 fully saturated rings. The molecule has 5 heterocycles. The van der Waals surface area contributed by atoms with Crippen LogP contribution in [0.15, 0.2) is 0 Å². The first-order valence-corrected chi connectivity index (χ1v) is 19.0. The minimum atomic E-state index is -1.63. The normalized spacial score (nSPS) is 42.4. The number of aliphatic hydroxyl groups is 8. The largest absolute Gasteiger partial charge is 0.394 e. The van der Waals surface area contributed by atoms with E-state index in [2.05, 4.69) is 0 Å². The van der Waals surface area contributed by atoms with E-state index in [1.165, 1.54) is 0 Å². The number of fused-ring (bicyclic) bond motifs is 1. The standard InChI is InChI=1S/C35H57NO19/c1-5-15(3)49-31-25(45)23(43)17(13-38)50-32(31)29-22-16(12-37)52-34(27(47)28(22)53-29)54-30-24(44)18(14-39)51-33(26(30)46)35(4,6-2)48-11-7-8-21(42)55-36-19(40)9-10-20(36)41/h15-18,22-34,37-39,43-47H,5-14H2,1-4H3/t15?,16?,17?,18?,22-,23-,24-,25?,26?,27?,28?,29?,30?,31?,32-,33+,34-,35?/m1/s1. The maximum Gasteiger partial charge on any atom is 0.333 e. The van der Waals surface area contributed by atoms with Crippen LogP contribution in [0.5, 0.6) is 0 Å². The molecule has 18 atom stereocenters. The van der Waals surface area contributed by atoms with Crippen molar-refractivity contribution < 1.29 is 93.2 Å². The summed E-state index contributed by atoms with van der Waals surface area (Å²) < 4.78 is 42.1. The number of nitrogens with zero attached hydrogens (tertiary/aromatic N) is 1. The fourth-order valence-electron chi connectivity index (χ4n) is 7.79. The first kappa shape index (κ1) is 44.1. The van der Waals surface area contributed by atoms with Gasteiger partial charge in [0.05, 0.1) is 56.3 Å². The van der Waals surface area contributed by atoms with Crippen LogP contribution in [0, 0.1) is 5.92 Å². The van der Waals surface area contributed by atoms with Gasteiger partial charge in [0.15, 0.2) is 6.29 Å². The fraction of sp³-hybridized carbons (Fsp3) is 0.914. The Morgan fingerprint density at radius 1 is 0.800 bits per heavy atom. The van der Waals surface area contributed by atoms with E-state index in [-0.39, 0.29) is 44.8 Å². The summed E-state index contributed by atoms with van der Waals surface area (Å²) in [6.45, 7) is 5.05. The lowest BCUT2D eigenvalue weighted by molar-refractivity contribution is -0.402. The van der Waals surface area contributed by atoms with Gasteiger partial charge in [-0.05, 0) is 33.1 Å². The third-order valence-electron chi connectivity index (χ3n) is 11.4. The molecule has 5 saturated heterocycles. The Labute approximate surface area is 318 Å². The molecule has 5 aliphatic heterocycles. The van der Waals surface area contributed by atoms with Gasteiger partial charge in [0, 0.05) is 25.4 Å². The lowest BCUT2D eigenvalue weighted by atomic mass is 9.74. The summed E-state index contributed by atoms with van der Waals surface area (Å²) in [7, 11) is 0. The number of imide groups is 1. The Balaban J connectivity index is 1.24. The summed E-state index contributed by atoms with van der Waals surface area (Å²) in [4.78, 5) is 40.6. The summed E-state index contributed by atoms with van der Waals surface area (Å²) in [6.07, 6.45) is -19.4. The van der Waals surface area contributed by atoms with E-state index in [0.717, 1.165) is 0 Å². The zero-order valence-electron chi connectivity index (χ0n) is 31.4. The quantitative estimate of drug-likeness (QED) is 0.0525. The van der Waals surface area contributed by atoms with Crippen LogP contribution in [0.2, 0.25) is 0 Å². The van der Waals surface area contributed by atoms with Crippen molar-refractivity contribution in [2.75, 3.05) is 26.4 Å². The molecule has 12 unspecified atom stereocenters. The summed E-state index contributed by atoms with van der Waals surface area (Å²) in [5.74, 6) is -2.78. The topological polar surface area (TPSA) is 290 Å². The molecule has 316 valence electrons. The van der Waals surface area contributed by atoms with Gasteiger partial charge in [0.25, 0.3) is 11.8 Å². The van der Waals surface area contributed by atoms with Crippen molar-refractivity contribution in [1.82, 2.24) is 5.06 Å². The molecule has 0 spiro atoms. The maximum atomic E-state index is 12.3. The Bertz CT molecular complexity index is 1290. The van der Waals surface area contributed by atoms with Crippen LogP contribution in [-0.4, -0.2) is 194 Å². The van der Waals surface area contributed by atoms with Crippen molar-refractivity contribution in [2.45, 2.75) is 170 Å². The van der Waals surface area contributed by atoms with E-state index in [4.69, 9.17) is 38.0 Å². The smallest absolute Gasteiger partial charge is 0.333 e. The molecular weight excluding hydrogens is 738 g/mol. The molecule has 5 aliphatic rings. The molecule has 0 aromatic heterocycles. The highest BCUT2D eigenvalue weighted by atomic mass is 16.7. The number of carbonyl (C=O) groups excluding carboxylic acids is 3. The second-order valence-electron chi connectivity index (χ2n) is 15.0. The van der Waals surface area contributed by atoms with Crippen LogP contribution in [0.25, 0.3) is 0 Å². The van der Waals surface area contributed by atoms with Crippen LogP contribution in [-0.2, 0) is 52.4 Å². The molecule has 0 aromatic rings. The first-order chi connectivity index (χ1) is 26.1. The number of ether oxygens (including phenoxy) is 7. The van der Waals surface area contributed by atoms with Gasteiger partial charge in [-0.3, -0.25) is 9.59 Å². The number of hydrogen-bond acceptors (Lipinski definition) is 19. The Morgan fingerprint density at radius 2 is 1.44 bits per heavy atom. The molecule has 8 N–H and O–H groups in total. The van der Waals surface area contributed by atoms with Crippen molar-refractivity contribution >= 4 is 17.8 Å². The van der Waals surface area contributed by atoms with E-state index >= 15 is 0 Å². The SMILES string of the molecule is CCC(C)OC1C(O)[C@H](O)C(CO)O[C@@H]1C1OC2C(O)[C@@H](OC3C(O)[C@@H](C(C)(CC)OCCCC(=O)ON4C(=O)CCC4=O)OC(CO)[C@H]3O)OC(CO)[C@H]21. The Hall–Kier alpha value is -1.99. The number of rotatable bonds is 17. The number of aliphatic hydroxyl groups excluding tert-OH is 8. The third kappa shape index (κ3) is 9.03. The van der Waals surface area contributed by atoms with Gasteiger partial charge in [-0.1, -0.05) is 13.8 Å². The molecule has 0 bridgehead atoms. The number of amides is 2. The van der Waals surface area contributed by atoms with E-state index < -0.39 is 141 Å². The number of hydrogen-bond donors (Lipinski definition) is 8. The summed E-state index contributed by atoms with van der Waals surface area (Å²) in [5, 5.41) is 86.5. The number of carbonyl (C=O) groups is 3. The first-order valence-electron chi connectivity index (χ1n) is 19.0. The van der Waals surface area contributed by atoms with Crippen LogP contribution < -0.4 is 0 Å². The second kappa shape index (κ2) is 18.7. The van der Waals surface area contributed by atoms with Crippen molar-refractivity contribution in [3.05, 3.63) is 0 Å². The van der Waals surface area contributed by atoms with Gasteiger partial charge in [0.2, 0.25) is 0 Å². The molecule has 0 aromatic carbocycles. The van der Waals surface area contributed by atoms with Gasteiger partial charge < -0.3 is 78.8 Å². The van der Waals surface area contributed by atoms with Crippen molar-refractivity contribution in [3.8, 4) is 0 Å². The maximum absolute atomic E-state index is 12.3. The van der Waals surface area contributed by atoms with Crippen LogP contribution >= 0.6 is 0 Å². The predicted molar refractivity (Wildman–Crippen MR) is 180 cm³/mol. The minimum absolute atomic E-state index is 0.0411. The van der Waals surface area contributed by atoms with Gasteiger partial charge in [0.1, 0.15) is 67.1 Å². The second-order valence-corrected chi connectivity index (χ2v) is 15.0. The lowest BCUT2D eigenvalue weighted by Gasteiger charge is -2.59. The van der Waals surface area contributed by atoms with Gasteiger partial charge in [-0.15, -0.1) is 5.06 Å². The van der Waals surface area contributed by atoms with Gasteiger partial charge in [-0.25, -0.2) is 4.79 Å². The minimum Gasteiger partial charge on any atom is -0.394 e. The van der Waals surface area contributed by atoms with Crippen molar-refractivity contribution in [2.24, 2.45) is 5.92 Å². The molecule has 20 nitrogen and oxygen atoms in total. The van der Waals surface area contributed by atoms with Crippen LogP contribution in [0.3, 0.4) is 0 Å². The molecular formula is C35H57NO19. The predicted octanol–water partition coefficient (Wildman–Crippen LogP) is -3.45. The molecule has 0 saturated carbocycles. The zero-order valence-corrected chi connectivity index (χ0v) is 31.4. The highest BCUT2D eigenvalue weighted by Gasteiger charge is 2.64. The summed E-state index contributed by atoms with van der Waals surface area (Å²) in [5.41, 5.74) is -1.28. The van der Waals surface area contributed by atoms with Gasteiger partial charge >= 0.3 is 5.97 Å².